The van der Waals surface area contributed by atoms with Crippen molar-refractivity contribution >= 4 is 18.3 Å². The number of nitrogens with one attached hydrogen (secondary N) is 2. The quantitative estimate of drug-likeness (QED) is 0.799. The van der Waals surface area contributed by atoms with Crippen molar-refractivity contribution in [2.75, 3.05) is 13.1 Å². The molecule has 1 saturated heterocycles. The van der Waals surface area contributed by atoms with E-state index in [1.165, 1.54) is 0 Å². The summed E-state index contributed by atoms with van der Waals surface area (Å²) < 4.78 is 5.82. The number of halogens is 1. The van der Waals surface area contributed by atoms with Crippen LogP contribution in [-0.4, -0.2) is 24.0 Å². The monoisotopic (exact) mass is 377 g/mol. The van der Waals surface area contributed by atoms with Crippen LogP contribution in [0.15, 0.2) is 40.9 Å². The average Bonchev–Trinajstić information content (AvgIpc) is 3.13. The summed E-state index contributed by atoms with van der Waals surface area (Å²) in [5, 5.41) is 6.39. The maximum absolute atomic E-state index is 12.4. The normalized spacial score (nSPS) is 17.2. The van der Waals surface area contributed by atoms with Crippen LogP contribution in [0.1, 0.15) is 45.0 Å². The molecule has 3 rings (SSSR count). The van der Waals surface area contributed by atoms with Crippen LogP contribution in [0.2, 0.25) is 0 Å². The molecule has 5 nitrogen and oxygen atoms in total. The van der Waals surface area contributed by atoms with Crippen LogP contribution in [-0.2, 0) is 4.79 Å². The molecule has 0 saturated carbocycles. The number of carbonyl (C=O) groups excluding carboxylic acids is 1. The number of amides is 1. The molecule has 1 aromatic carbocycles. The third-order valence-electron chi connectivity index (χ3n) is 5.03. The number of hydrogen-bond acceptors (Lipinski definition) is 4. The first kappa shape index (κ1) is 20.5. The molecule has 2 N–H and O–H groups in total. The Hall–Kier alpha value is -1.85. The zero-order chi connectivity index (χ0) is 17.6. The number of piperidine rings is 1. The first-order valence-electron chi connectivity index (χ1n) is 9.14. The van der Waals surface area contributed by atoms with Gasteiger partial charge in [0.2, 0.25) is 11.8 Å². The van der Waals surface area contributed by atoms with Gasteiger partial charge >= 0.3 is 0 Å². The minimum absolute atomic E-state index is 0. The fourth-order valence-corrected chi connectivity index (χ4v) is 3.46. The highest BCUT2D eigenvalue weighted by Crippen LogP contribution is 2.25. The number of hydrogen-bond donors (Lipinski definition) is 2. The first-order valence-corrected chi connectivity index (χ1v) is 9.14. The van der Waals surface area contributed by atoms with Crippen molar-refractivity contribution in [3.63, 3.8) is 0 Å². The van der Waals surface area contributed by atoms with Crippen molar-refractivity contribution in [3.8, 4) is 11.3 Å². The lowest BCUT2D eigenvalue weighted by atomic mass is 9.84. The number of aromatic nitrogens is 1. The van der Waals surface area contributed by atoms with Gasteiger partial charge in [-0.15, -0.1) is 12.4 Å². The second kappa shape index (κ2) is 9.74. The van der Waals surface area contributed by atoms with Crippen LogP contribution in [0, 0.1) is 11.8 Å². The zero-order valence-electron chi connectivity index (χ0n) is 15.4. The molecule has 0 radical (unpaired) electrons. The largest absolute Gasteiger partial charge is 0.438 e. The smallest absolute Gasteiger partial charge is 0.220 e. The summed E-state index contributed by atoms with van der Waals surface area (Å²) in [7, 11) is 0. The molecule has 1 fully saturated rings. The Labute approximate surface area is 161 Å². The molecule has 1 aliphatic rings. The maximum Gasteiger partial charge on any atom is 0.220 e. The molecular formula is C20H28ClN3O2. The number of carbonyl (C=O) groups is 1. The van der Waals surface area contributed by atoms with Gasteiger partial charge in [0.1, 0.15) is 6.04 Å². The highest BCUT2D eigenvalue weighted by Gasteiger charge is 2.23. The van der Waals surface area contributed by atoms with Crippen LogP contribution in [0.5, 0.6) is 0 Å². The summed E-state index contributed by atoms with van der Waals surface area (Å²) in [6.07, 6.45) is 4.58. The van der Waals surface area contributed by atoms with E-state index in [1.54, 1.807) is 6.20 Å². The van der Waals surface area contributed by atoms with Crippen molar-refractivity contribution in [1.82, 2.24) is 15.6 Å². The average molecular weight is 378 g/mol. The van der Waals surface area contributed by atoms with Crippen molar-refractivity contribution in [1.29, 1.82) is 0 Å². The molecule has 2 unspecified atom stereocenters. The topological polar surface area (TPSA) is 67.2 Å². The van der Waals surface area contributed by atoms with E-state index in [9.17, 15) is 4.79 Å². The molecule has 1 aliphatic heterocycles. The summed E-state index contributed by atoms with van der Waals surface area (Å²) >= 11 is 0. The number of nitrogens with zero attached hydrogens (tertiary/aromatic N) is 1. The van der Waals surface area contributed by atoms with E-state index in [2.05, 4.69) is 22.5 Å². The first-order chi connectivity index (χ1) is 12.1. The van der Waals surface area contributed by atoms with E-state index >= 15 is 0 Å². The lowest BCUT2D eigenvalue weighted by Gasteiger charge is -2.28. The van der Waals surface area contributed by atoms with Crippen LogP contribution < -0.4 is 10.6 Å². The third kappa shape index (κ3) is 5.32. The predicted octanol–water partition coefficient (Wildman–Crippen LogP) is 3.97. The predicted molar refractivity (Wildman–Crippen MR) is 105 cm³/mol. The zero-order valence-corrected chi connectivity index (χ0v) is 16.2. The molecular weight excluding hydrogens is 350 g/mol. The Kier molecular flexibility index (Phi) is 7.66. The second-order valence-electron chi connectivity index (χ2n) is 6.99. The van der Waals surface area contributed by atoms with Gasteiger partial charge in [-0.3, -0.25) is 4.79 Å². The van der Waals surface area contributed by atoms with E-state index in [-0.39, 0.29) is 24.4 Å². The van der Waals surface area contributed by atoms with Gasteiger partial charge in [0.15, 0.2) is 5.76 Å². The highest BCUT2D eigenvalue weighted by atomic mass is 35.5. The van der Waals surface area contributed by atoms with Gasteiger partial charge in [0.05, 0.1) is 6.20 Å². The minimum atomic E-state index is -0.231. The summed E-state index contributed by atoms with van der Waals surface area (Å²) in [6.45, 7) is 6.21. The fourth-order valence-electron chi connectivity index (χ4n) is 3.46. The van der Waals surface area contributed by atoms with Crippen LogP contribution >= 0.6 is 12.4 Å². The van der Waals surface area contributed by atoms with E-state index in [1.807, 2.05) is 37.3 Å². The van der Waals surface area contributed by atoms with E-state index in [4.69, 9.17) is 4.42 Å². The summed E-state index contributed by atoms with van der Waals surface area (Å²) in [4.78, 5) is 16.7. The van der Waals surface area contributed by atoms with Gasteiger partial charge in [-0.05, 0) is 44.7 Å². The van der Waals surface area contributed by atoms with Crippen LogP contribution in [0.4, 0.5) is 0 Å². The van der Waals surface area contributed by atoms with Gasteiger partial charge in [-0.25, -0.2) is 4.98 Å². The number of oxazole rings is 1. The lowest BCUT2D eigenvalue weighted by molar-refractivity contribution is -0.123. The molecule has 0 spiro atoms. The molecule has 2 heterocycles. The van der Waals surface area contributed by atoms with Crippen molar-refractivity contribution in [2.45, 2.75) is 39.2 Å². The second-order valence-corrected chi connectivity index (χ2v) is 6.99. The molecule has 142 valence electrons. The Balaban J connectivity index is 0.00000243. The van der Waals surface area contributed by atoms with Crippen LogP contribution in [0.25, 0.3) is 11.3 Å². The number of rotatable bonds is 6. The Bertz CT molecular complexity index is 683. The fraction of sp³-hybridized carbons (Fsp3) is 0.500. The minimum Gasteiger partial charge on any atom is -0.438 e. The summed E-state index contributed by atoms with van der Waals surface area (Å²) in [5.74, 6) is 2.37. The Morgan fingerprint density at radius 1 is 1.27 bits per heavy atom. The molecule has 2 atom stereocenters. The van der Waals surface area contributed by atoms with Gasteiger partial charge in [-0.2, -0.15) is 0 Å². The standard InChI is InChI=1S/C20H27N3O2.ClH/c1-14(16-8-10-21-11-9-16)12-19(24)23-15(2)20-22-13-18(25-20)17-6-4-3-5-7-17;/h3-7,13-16,21H,8-12H2,1-2H3,(H,23,24);1H. The molecule has 1 aromatic heterocycles. The van der Waals surface area contributed by atoms with Gasteiger partial charge < -0.3 is 15.1 Å². The van der Waals surface area contributed by atoms with Crippen molar-refractivity contribution in [3.05, 3.63) is 42.4 Å². The van der Waals surface area contributed by atoms with Gasteiger partial charge in [-0.1, -0.05) is 37.3 Å². The molecule has 1 amide bonds. The molecule has 6 heteroatoms. The van der Waals surface area contributed by atoms with Crippen molar-refractivity contribution in [2.24, 2.45) is 11.8 Å². The van der Waals surface area contributed by atoms with Gasteiger partial charge in [0, 0.05) is 12.0 Å². The summed E-state index contributed by atoms with van der Waals surface area (Å²) in [6, 6.07) is 9.62. The Morgan fingerprint density at radius 2 is 1.96 bits per heavy atom. The molecule has 0 bridgehead atoms. The SMILES string of the molecule is CC(NC(=O)CC(C)C1CCNCC1)c1ncc(-c2ccccc2)o1.Cl. The Morgan fingerprint density at radius 3 is 2.65 bits per heavy atom. The molecule has 0 aliphatic carbocycles. The lowest BCUT2D eigenvalue weighted by Crippen LogP contribution is -2.34. The van der Waals surface area contributed by atoms with Crippen molar-refractivity contribution < 1.29 is 9.21 Å². The maximum atomic E-state index is 12.4. The third-order valence-corrected chi connectivity index (χ3v) is 5.03. The van der Waals surface area contributed by atoms with E-state index < -0.39 is 0 Å². The molecule has 2 aromatic rings. The van der Waals surface area contributed by atoms with E-state index in [0.29, 0.717) is 24.1 Å². The molecule has 26 heavy (non-hydrogen) atoms. The van der Waals surface area contributed by atoms with Crippen LogP contribution in [0.3, 0.4) is 0 Å². The summed E-state index contributed by atoms with van der Waals surface area (Å²) in [5.41, 5.74) is 0.985. The van der Waals surface area contributed by atoms with Gasteiger partial charge in [0.25, 0.3) is 0 Å². The number of benzene rings is 1. The van der Waals surface area contributed by atoms with E-state index in [0.717, 1.165) is 37.3 Å². The highest BCUT2D eigenvalue weighted by molar-refractivity contribution is 5.85.